The maximum atomic E-state index is 14.4. The van der Waals surface area contributed by atoms with Crippen LogP contribution in [0.15, 0.2) is 36.4 Å². The highest BCUT2D eigenvalue weighted by Crippen LogP contribution is 2.26. The molecule has 112 valence electrons. The summed E-state index contributed by atoms with van der Waals surface area (Å²) in [5.41, 5.74) is 5.29. The van der Waals surface area contributed by atoms with Gasteiger partial charge in [0.1, 0.15) is 5.82 Å². The number of rotatable bonds is 5. The highest BCUT2D eigenvalue weighted by molar-refractivity contribution is 5.38. The van der Waals surface area contributed by atoms with Crippen LogP contribution in [0.1, 0.15) is 47.2 Å². The molecule has 0 saturated carbocycles. The van der Waals surface area contributed by atoms with E-state index >= 15 is 0 Å². The minimum absolute atomic E-state index is 0.0927. The van der Waals surface area contributed by atoms with Gasteiger partial charge in [0.25, 0.3) is 0 Å². The average molecular weight is 285 g/mol. The third kappa shape index (κ3) is 3.70. The summed E-state index contributed by atoms with van der Waals surface area (Å²) in [6.07, 6.45) is 1.02. The Bertz CT molecular complexity index is 619. The summed E-state index contributed by atoms with van der Waals surface area (Å²) in [5.74, 6) is -0.137. The van der Waals surface area contributed by atoms with E-state index in [1.165, 1.54) is 11.1 Å². The molecule has 1 atom stereocenters. The van der Waals surface area contributed by atoms with E-state index < -0.39 is 0 Å². The van der Waals surface area contributed by atoms with E-state index in [1.54, 1.807) is 6.07 Å². The summed E-state index contributed by atoms with van der Waals surface area (Å²) in [6.45, 7) is 9.10. The molecule has 2 aromatic rings. The molecule has 0 saturated heterocycles. The fraction of sp³-hybridized carbons (Fsp3) is 0.368. The van der Waals surface area contributed by atoms with Crippen molar-refractivity contribution in [2.24, 2.45) is 0 Å². The number of halogens is 1. The zero-order chi connectivity index (χ0) is 15.4. The molecule has 1 unspecified atom stereocenters. The minimum atomic E-state index is -0.137. The maximum Gasteiger partial charge on any atom is 0.128 e. The second-order valence-corrected chi connectivity index (χ2v) is 5.76. The zero-order valence-corrected chi connectivity index (χ0v) is 13.3. The first-order chi connectivity index (χ1) is 10.0. The van der Waals surface area contributed by atoms with Crippen molar-refractivity contribution < 1.29 is 4.39 Å². The summed E-state index contributed by atoms with van der Waals surface area (Å²) in [4.78, 5) is 0. The number of nitrogens with one attached hydrogen (secondary N) is 1. The molecule has 2 rings (SSSR count). The quantitative estimate of drug-likeness (QED) is 0.829. The summed E-state index contributed by atoms with van der Waals surface area (Å²) < 4.78 is 14.4. The molecule has 0 radical (unpaired) electrons. The van der Waals surface area contributed by atoms with Crippen LogP contribution in [0.3, 0.4) is 0 Å². The summed E-state index contributed by atoms with van der Waals surface area (Å²) >= 11 is 0. The second-order valence-electron chi connectivity index (χ2n) is 5.76. The Labute approximate surface area is 127 Å². The zero-order valence-electron chi connectivity index (χ0n) is 13.3. The van der Waals surface area contributed by atoms with Gasteiger partial charge in [0.05, 0.1) is 6.04 Å². The Morgan fingerprint density at radius 2 is 1.76 bits per heavy atom. The normalized spacial score (nSPS) is 12.4. The molecule has 2 aromatic carbocycles. The molecule has 0 amide bonds. The van der Waals surface area contributed by atoms with E-state index in [2.05, 4.69) is 44.3 Å². The average Bonchev–Trinajstić information content (AvgIpc) is 2.44. The first-order valence-electron chi connectivity index (χ1n) is 7.59. The van der Waals surface area contributed by atoms with Crippen molar-refractivity contribution >= 4 is 0 Å². The molecule has 0 spiro atoms. The molecule has 2 heteroatoms. The Balaban J connectivity index is 2.44. The van der Waals surface area contributed by atoms with Gasteiger partial charge < -0.3 is 5.32 Å². The van der Waals surface area contributed by atoms with E-state index in [4.69, 9.17) is 0 Å². The monoisotopic (exact) mass is 285 g/mol. The lowest BCUT2D eigenvalue weighted by Crippen LogP contribution is -2.24. The lowest BCUT2D eigenvalue weighted by atomic mass is 9.94. The predicted molar refractivity (Wildman–Crippen MR) is 87.2 cm³/mol. The van der Waals surface area contributed by atoms with Crippen LogP contribution in [0.2, 0.25) is 0 Å². The number of benzene rings is 2. The van der Waals surface area contributed by atoms with Crippen molar-refractivity contribution in [1.29, 1.82) is 0 Å². The van der Waals surface area contributed by atoms with E-state index in [0.29, 0.717) is 0 Å². The molecule has 0 aromatic heterocycles. The van der Waals surface area contributed by atoms with Crippen molar-refractivity contribution in [2.75, 3.05) is 6.54 Å². The van der Waals surface area contributed by atoms with Crippen LogP contribution in [0, 0.1) is 26.6 Å². The first kappa shape index (κ1) is 15.7. The third-order valence-corrected chi connectivity index (χ3v) is 3.93. The van der Waals surface area contributed by atoms with Crippen LogP contribution in [-0.2, 0) is 0 Å². The van der Waals surface area contributed by atoms with Crippen molar-refractivity contribution in [3.8, 4) is 0 Å². The molecule has 0 aliphatic carbocycles. The van der Waals surface area contributed by atoms with Crippen molar-refractivity contribution in [3.05, 3.63) is 70.0 Å². The topological polar surface area (TPSA) is 12.0 Å². The van der Waals surface area contributed by atoms with Gasteiger partial charge in [-0.2, -0.15) is 0 Å². The fourth-order valence-corrected chi connectivity index (χ4v) is 2.51. The Morgan fingerprint density at radius 3 is 2.38 bits per heavy atom. The number of hydrogen-bond donors (Lipinski definition) is 1. The maximum absolute atomic E-state index is 14.4. The number of aryl methyl sites for hydroxylation is 3. The molecule has 0 fully saturated rings. The molecular weight excluding hydrogens is 261 g/mol. The van der Waals surface area contributed by atoms with Crippen LogP contribution >= 0.6 is 0 Å². The van der Waals surface area contributed by atoms with Crippen molar-refractivity contribution in [2.45, 2.75) is 40.2 Å². The van der Waals surface area contributed by atoms with Gasteiger partial charge in [-0.3, -0.25) is 0 Å². The molecule has 0 aliphatic rings. The molecule has 21 heavy (non-hydrogen) atoms. The van der Waals surface area contributed by atoms with E-state index in [1.807, 2.05) is 19.1 Å². The van der Waals surface area contributed by atoms with Gasteiger partial charge in [-0.1, -0.05) is 37.3 Å². The second kappa shape index (κ2) is 6.86. The number of hydrogen-bond acceptors (Lipinski definition) is 1. The summed E-state index contributed by atoms with van der Waals surface area (Å²) in [6, 6.07) is 11.7. The van der Waals surface area contributed by atoms with Crippen molar-refractivity contribution in [3.63, 3.8) is 0 Å². The van der Waals surface area contributed by atoms with Crippen LogP contribution in [0.4, 0.5) is 4.39 Å². The molecule has 1 N–H and O–H groups in total. The van der Waals surface area contributed by atoms with Crippen LogP contribution in [-0.4, -0.2) is 6.54 Å². The van der Waals surface area contributed by atoms with Gasteiger partial charge in [-0.25, -0.2) is 4.39 Å². The van der Waals surface area contributed by atoms with Crippen LogP contribution < -0.4 is 5.32 Å². The largest absolute Gasteiger partial charge is 0.306 e. The molecule has 0 bridgehead atoms. The van der Waals surface area contributed by atoms with Gasteiger partial charge in [-0.15, -0.1) is 0 Å². The standard InChI is InChI=1S/C19H24FN/c1-5-10-21-19(16-8-7-14(3)15(4)12-16)17-9-6-13(2)11-18(17)20/h6-9,11-12,19,21H,5,10H2,1-4H3. The Hall–Kier alpha value is -1.67. The van der Waals surface area contributed by atoms with Gasteiger partial charge in [0.2, 0.25) is 0 Å². The van der Waals surface area contributed by atoms with Crippen LogP contribution in [0.25, 0.3) is 0 Å². The minimum Gasteiger partial charge on any atom is -0.306 e. The van der Waals surface area contributed by atoms with E-state index in [0.717, 1.165) is 29.7 Å². The van der Waals surface area contributed by atoms with Crippen molar-refractivity contribution in [1.82, 2.24) is 5.32 Å². The molecule has 0 aliphatic heterocycles. The lowest BCUT2D eigenvalue weighted by molar-refractivity contribution is 0.546. The summed E-state index contributed by atoms with van der Waals surface area (Å²) in [7, 11) is 0. The Morgan fingerprint density at radius 1 is 1.00 bits per heavy atom. The van der Waals surface area contributed by atoms with Gasteiger partial charge in [-0.05, 0) is 62.1 Å². The van der Waals surface area contributed by atoms with E-state index in [-0.39, 0.29) is 11.9 Å². The highest BCUT2D eigenvalue weighted by Gasteiger charge is 2.17. The van der Waals surface area contributed by atoms with Gasteiger partial charge >= 0.3 is 0 Å². The lowest BCUT2D eigenvalue weighted by Gasteiger charge is -2.21. The van der Waals surface area contributed by atoms with Gasteiger partial charge in [0.15, 0.2) is 0 Å². The molecular formula is C19H24FN. The fourth-order valence-electron chi connectivity index (χ4n) is 2.51. The smallest absolute Gasteiger partial charge is 0.128 e. The Kier molecular flexibility index (Phi) is 5.13. The summed E-state index contributed by atoms with van der Waals surface area (Å²) in [5, 5.41) is 3.47. The first-order valence-corrected chi connectivity index (χ1v) is 7.59. The molecule has 1 nitrogen and oxygen atoms in total. The predicted octanol–water partition coefficient (Wildman–Crippen LogP) is 4.84. The third-order valence-electron chi connectivity index (χ3n) is 3.93. The highest BCUT2D eigenvalue weighted by atomic mass is 19.1. The van der Waals surface area contributed by atoms with Crippen LogP contribution in [0.5, 0.6) is 0 Å². The van der Waals surface area contributed by atoms with Gasteiger partial charge in [0, 0.05) is 5.56 Å². The SMILES string of the molecule is CCCNC(c1ccc(C)c(C)c1)c1ccc(C)cc1F. The van der Waals surface area contributed by atoms with E-state index in [9.17, 15) is 4.39 Å². The molecule has 0 heterocycles.